The lowest BCUT2D eigenvalue weighted by Crippen LogP contribution is -2.08. The molecule has 1 aromatic carbocycles. The Morgan fingerprint density at radius 1 is 0.947 bits per heavy atom. The summed E-state index contributed by atoms with van der Waals surface area (Å²) >= 11 is 0. The first-order valence-electron chi connectivity index (χ1n) is 5.50. The molecule has 0 saturated heterocycles. The molecule has 0 heterocycles. The fourth-order valence-electron chi connectivity index (χ4n) is 0.994. The predicted octanol–water partition coefficient (Wildman–Crippen LogP) is 0.937. The second-order valence-electron chi connectivity index (χ2n) is 3.51. The number of carboxylic acid groups (broad SMARTS) is 2. The number of rotatable bonds is 3. The molecule has 19 heavy (non-hydrogen) atoms. The maximum atomic E-state index is 9.00. The van der Waals surface area contributed by atoms with Crippen LogP contribution in [0.1, 0.15) is 25.3 Å². The lowest BCUT2D eigenvalue weighted by atomic mass is 10.0. The molecule has 108 valence electrons. The highest BCUT2D eigenvalue weighted by molar-refractivity contribution is 5.63. The molecule has 4 N–H and O–H groups in total. The summed E-state index contributed by atoms with van der Waals surface area (Å²) in [4.78, 5) is 18.0. The zero-order valence-electron chi connectivity index (χ0n) is 11.0. The molecule has 0 bridgehead atoms. The second kappa shape index (κ2) is 12.5. The number of aliphatic carboxylic acids is 2. The fraction of sp³-hybridized carbons (Fsp3) is 0.385. The summed E-state index contributed by atoms with van der Waals surface area (Å²) in [6.45, 7) is 2.17. The number of benzene rings is 1. The Kier molecular flexibility index (Phi) is 12.8. The Morgan fingerprint density at radius 2 is 1.26 bits per heavy atom. The van der Waals surface area contributed by atoms with E-state index in [4.69, 9.17) is 30.0 Å². The highest BCUT2D eigenvalue weighted by Gasteiger charge is 2.06. The molecule has 0 atom stereocenters. The van der Waals surface area contributed by atoms with E-state index in [1.165, 1.54) is 0 Å². The molecular weight excluding hydrogens is 252 g/mol. The number of hydrogen-bond acceptors (Lipinski definition) is 4. The lowest BCUT2D eigenvalue weighted by molar-refractivity contribution is -0.135. The molecule has 0 aliphatic carbocycles. The van der Waals surface area contributed by atoms with Crippen LogP contribution in [0.4, 0.5) is 0 Å². The summed E-state index contributed by atoms with van der Waals surface area (Å²) in [5, 5.41) is 32.5. The summed E-state index contributed by atoms with van der Waals surface area (Å²) in [5.74, 6) is -1.80. The SMILES string of the molecule is CC(=O)O.CC(=O)O.OCC(CO)c1ccccc1. The van der Waals surface area contributed by atoms with Gasteiger partial charge in [-0.15, -0.1) is 0 Å². The Bertz CT molecular complexity index is 325. The van der Waals surface area contributed by atoms with Gasteiger partial charge in [0.2, 0.25) is 0 Å². The molecule has 0 saturated carbocycles. The van der Waals surface area contributed by atoms with Crippen LogP contribution in [-0.4, -0.2) is 45.6 Å². The van der Waals surface area contributed by atoms with Gasteiger partial charge in [-0.2, -0.15) is 0 Å². The van der Waals surface area contributed by atoms with Crippen molar-refractivity contribution in [3.63, 3.8) is 0 Å². The van der Waals surface area contributed by atoms with Crippen molar-refractivity contribution in [2.24, 2.45) is 0 Å². The summed E-state index contributed by atoms with van der Waals surface area (Å²) in [6, 6.07) is 9.50. The lowest BCUT2D eigenvalue weighted by Gasteiger charge is -2.09. The molecule has 6 heteroatoms. The van der Waals surface area contributed by atoms with E-state index in [-0.39, 0.29) is 19.1 Å². The first-order chi connectivity index (χ1) is 8.84. The van der Waals surface area contributed by atoms with Crippen molar-refractivity contribution in [3.8, 4) is 0 Å². The molecular formula is C13H20O6. The normalized spacial score (nSPS) is 8.68. The molecule has 0 fully saturated rings. The van der Waals surface area contributed by atoms with Gasteiger partial charge in [-0.3, -0.25) is 9.59 Å². The molecule has 1 aromatic rings. The Morgan fingerprint density at radius 3 is 1.53 bits per heavy atom. The van der Waals surface area contributed by atoms with Crippen LogP contribution in [0, 0.1) is 0 Å². The van der Waals surface area contributed by atoms with E-state index in [2.05, 4.69) is 0 Å². The monoisotopic (exact) mass is 272 g/mol. The molecule has 0 aliphatic rings. The minimum Gasteiger partial charge on any atom is -0.481 e. The van der Waals surface area contributed by atoms with Crippen LogP contribution in [-0.2, 0) is 9.59 Å². The van der Waals surface area contributed by atoms with Crippen LogP contribution in [0.15, 0.2) is 30.3 Å². The first-order valence-corrected chi connectivity index (χ1v) is 5.50. The number of carbonyl (C=O) groups is 2. The van der Waals surface area contributed by atoms with Crippen molar-refractivity contribution in [2.75, 3.05) is 13.2 Å². The Balaban J connectivity index is 0. The van der Waals surface area contributed by atoms with Crippen LogP contribution in [0.2, 0.25) is 0 Å². The van der Waals surface area contributed by atoms with E-state index >= 15 is 0 Å². The molecule has 1 rings (SSSR count). The molecule has 0 aromatic heterocycles. The zero-order valence-corrected chi connectivity index (χ0v) is 11.0. The number of aliphatic hydroxyl groups excluding tert-OH is 2. The van der Waals surface area contributed by atoms with Gasteiger partial charge in [-0.1, -0.05) is 30.3 Å². The molecule has 0 aliphatic heterocycles. The smallest absolute Gasteiger partial charge is 0.300 e. The van der Waals surface area contributed by atoms with Crippen LogP contribution in [0.5, 0.6) is 0 Å². The summed E-state index contributed by atoms with van der Waals surface area (Å²) in [6.07, 6.45) is 0. The third-order valence-corrected chi connectivity index (χ3v) is 1.71. The second-order valence-corrected chi connectivity index (χ2v) is 3.51. The van der Waals surface area contributed by atoms with Gasteiger partial charge in [-0.25, -0.2) is 0 Å². The first kappa shape index (κ1) is 19.4. The molecule has 0 radical (unpaired) electrons. The minimum atomic E-state index is -0.833. The molecule has 0 unspecified atom stereocenters. The summed E-state index contributed by atoms with van der Waals surface area (Å²) in [7, 11) is 0. The number of hydrogen-bond donors (Lipinski definition) is 4. The molecule has 6 nitrogen and oxygen atoms in total. The van der Waals surface area contributed by atoms with Gasteiger partial charge in [0, 0.05) is 19.8 Å². The van der Waals surface area contributed by atoms with E-state index < -0.39 is 11.9 Å². The predicted molar refractivity (Wildman–Crippen MR) is 70.0 cm³/mol. The third kappa shape index (κ3) is 16.1. The summed E-state index contributed by atoms with van der Waals surface area (Å²) < 4.78 is 0. The van der Waals surface area contributed by atoms with Crippen molar-refractivity contribution >= 4 is 11.9 Å². The molecule has 0 spiro atoms. The van der Waals surface area contributed by atoms with E-state index in [0.29, 0.717) is 0 Å². The highest BCUT2D eigenvalue weighted by Crippen LogP contribution is 2.12. The van der Waals surface area contributed by atoms with Crippen LogP contribution in [0.25, 0.3) is 0 Å². The van der Waals surface area contributed by atoms with Gasteiger partial charge >= 0.3 is 0 Å². The summed E-state index contributed by atoms with van der Waals surface area (Å²) in [5.41, 5.74) is 0.984. The Labute approximate surface area is 111 Å². The van der Waals surface area contributed by atoms with Crippen LogP contribution in [0.3, 0.4) is 0 Å². The zero-order chi connectivity index (χ0) is 15.3. The fourth-order valence-corrected chi connectivity index (χ4v) is 0.994. The largest absolute Gasteiger partial charge is 0.481 e. The van der Waals surface area contributed by atoms with Gasteiger partial charge in [0.1, 0.15) is 0 Å². The van der Waals surface area contributed by atoms with Crippen molar-refractivity contribution in [2.45, 2.75) is 19.8 Å². The van der Waals surface area contributed by atoms with Crippen molar-refractivity contribution < 1.29 is 30.0 Å². The van der Waals surface area contributed by atoms with Gasteiger partial charge in [0.15, 0.2) is 0 Å². The average Bonchev–Trinajstić information content (AvgIpc) is 2.30. The van der Waals surface area contributed by atoms with Crippen molar-refractivity contribution in [3.05, 3.63) is 35.9 Å². The maximum Gasteiger partial charge on any atom is 0.300 e. The topological polar surface area (TPSA) is 115 Å². The van der Waals surface area contributed by atoms with Gasteiger partial charge in [0.05, 0.1) is 13.2 Å². The van der Waals surface area contributed by atoms with E-state index in [1.54, 1.807) is 0 Å². The number of aliphatic hydroxyl groups is 2. The maximum absolute atomic E-state index is 9.00. The third-order valence-electron chi connectivity index (χ3n) is 1.71. The van der Waals surface area contributed by atoms with Gasteiger partial charge in [-0.05, 0) is 5.56 Å². The van der Waals surface area contributed by atoms with E-state index in [1.807, 2.05) is 30.3 Å². The van der Waals surface area contributed by atoms with Gasteiger partial charge < -0.3 is 20.4 Å². The minimum absolute atomic E-state index is 0.000509. The Hall–Kier alpha value is -1.92. The standard InChI is InChI=1S/C9H12O2.2C2H4O2/c10-6-9(7-11)8-4-2-1-3-5-8;2*1-2(3)4/h1-5,9-11H,6-7H2;2*1H3,(H,3,4). The van der Waals surface area contributed by atoms with E-state index in [9.17, 15) is 0 Å². The van der Waals surface area contributed by atoms with Crippen LogP contribution < -0.4 is 0 Å². The van der Waals surface area contributed by atoms with Crippen molar-refractivity contribution in [1.82, 2.24) is 0 Å². The van der Waals surface area contributed by atoms with E-state index in [0.717, 1.165) is 19.4 Å². The molecule has 0 amide bonds. The van der Waals surface area contributed by atoms with Gasteiger partial charge in [0.25, 0.3) is 11.9 Å². The highest BCUT2D eigenvalue weighted by atomic mass is 16.4. The average molecular weight is 272 g/mol. The quantitative estimate of drug-likeness (QED) is 0.651. The van der Waals surface area contributed by atoms with Crippen molar-refractivity contribution in [1.29, 1.82) is 0 Å². The number of carboxylic acids is 2. The van der Waals surface area contributed by atoms with Crippen LogP contribution >= 0.6 is 0 Å².